The normalized spacial score (nSPS) is 10.5. The molecule has 118 valence electrons. The van der Waals surface area contributed by atoms with Gasteiger partial charge in [0.15, 0.2) is 24.0 Å². The molecule has 0 aliphatic rings. The van der Waals surface area contributed by atoms with E-state index in [2.05, 4.69) is 0 Å². The van der Waals surface area contributed by atoms with Crippen molar-refractivity contribution in [2.45, 2.75) is 0 Å². The highest BCUT2D eigenvalue weighted by Gasteiger charge is 2.07. The van der Waals surface area contributed by atoms with Crippen LogP contribution in [-0.2, 0) is 9.53 Å². The van der Waals surface area contributed by atoms with Crippen LogP contribution in [0.25, 0.3) is 6.08 Å². The quantitative estimate of drug-likeness (QED) is 0.466. The van der Waals surface area contributed by atoms with Gasteiger partial charge in [0, 0.05) is 11.6 Å². The molecule has 4 nitrogen and oxygen atoms in total. The number of Topliss-reactive ketones (excluding diaryl/α,β-unsaturated/α-hetero) is 1. The average molecular weight is 314 g/mol. The number of esters is 1. The zero-order valence-corrected chi connectivity index (χ0v) is 12.5. The number of hydrogen-bond acceptors (Lipinski definition) is 4. The maximum atomic E-state index is 13.5. The molecule has 0 fully saturated rings. The lowest BCUT2D eigenvalue weighted by Crippen LogP contribution is -2.12. The van der Waals surface area contributed by atoms with E-state index in [4.69, 9.17) is 9.47 Å². The monoisotopic (exact) mass is 314 g/mol. The topological polar surface area (TPSA) is 52.6 Å². The molecule has 2 aromatic rings. The van der Waals surface area contributed by atoms with Gasteiger partial charge in [0.1, 0.15) is 0 Å². The van der Waals surface area contributed by atoms with Crippen molar-refractivity contribution >= 4 is 17.8 Å². The number of rotatable bonds is 6. The summed E-state index contributed by atoms with van der Waals surface area (Å²) < 4.78 is 23.2. The average Bonchev–Trinajstić information content (AvgIpc) is 2.58. The molecule has 0 saturated carbocycles. The van der Waals surface area contributed by atoms with Crippen molar-refractivity contribution in [3.05, 3.63) is 71.6 Å². The number of hydrogen-bond donors (Lipinski definition) is 0. The van der Waals surface area contributed by atoms with Gasteiger partial charge >= 0.3 is 5.97 Å². The molecule has 2 aromatic carbocycles. The first-order valence-electron chi connectivity index (χ1n) is 6.87. The molecule has 0 bridgehead atoms. The van der Waals surface area contributed by atoms with E-state index in [0.717, 1.165) is 6.08 Å². The summed E-state index contributed by atoms with van der Waals surface area (Å²) in [5, 5.41) is 0. The highest BCUT2D eigenvalue weighted by atomic mass is 19.1. The third kappa shape index (κ3) is 4.78. The fraction of sp³-hybridized carbons (Fsp3) is 0.111. The van der Waals surface area contributed by atoms with Crippen LogP contribution in [0, 0.1) is 5.82 Å². The number of benzene rings is 2. The smallest absolute Gasteiger partial charge is 0.331 e. The van der Waals surface area contributed by atoms with Gasteiger partial charge in [-0.1, -0.05) is 36.4 Å². The molecule has 0 aromatic heterocycles. The standard InChI is InChI=1S/C18H15FO4/c1-22-17-9-7-13(11-15(17)19)8-10-18(21)23-12-16(20)14-5-3-2-4-6-14/h2-11H,12H2,1H3/b10-8+. The molecule has 23 heavy (non-hydrogen) atoms. The molecular formula is C18H15FO4. The Morgan fingerprint density at radius 2 is 1.87 bits per heavy atom. The van der Waals surface area contributed by atoms with Crippen LogP contribution in [0.4, 0.5) is 4.39 Å². The van der Waals surface area contributed by atoms with Gasteiger partial charge in [-0.05, 0) is 23.8 Å². The first-order valence-corrected chi connectivity index (χ1v) is 6.87. The molecule has 2 rings (SSSR count). The predicted octanol–water partition coefficient (Wildman–Crippen LogP) is 3.27. The van der Waals surface area contributed by atoms with Crippen LogP contribution in [0.15, 0.2) is 54.6 Å². The van der Waals surface area contributed by atoms with Crippen molar-refractivity contribution in [1.82, 2.24) is 0 Å². The lowest BCUT2D eigenvalue weighted by atomic mass is 10.1. The van der Waals surface area contributed by atoms with Crippen LogP contribution in [-0.4, -0.2) is 25.5 Å². The second kappa shape index (κ2) is 7.89. The zero-order chi connectivity index (χ0) is 16.7. The van der Waals surface area contributed by atoms with Crippen LogP contribution < -0.4 is 4.74 Å². The van der Waals surface area contributed by atoms with Crippen molar-refractivity contribution in [2.24, 2.45) is 0 Å². The maximum absolute atomic E-state index is 13.5. The first-order chi connectivity index (χ1) is 11.1. The van der Waals surface area contributed by atoms with Crippen LogP contribution in [0.2, 0.25) is 0 Å². The third-order valence-electron chi connectivity index (χ3n) is 3.03. The summed E-state index contributed by atoms with van der Waals surface area (Å²) in [6.07, 6.45) is 2.54. The summed E-state index contributed by atoms with van der Waals surface area (Å²) in [4.78, 5) is 23.4. The minimum absolute atomic E-state index is 0.123. The van der Waals surface area contributed by atoms with Crippen molar-refractivity contribution in [3.63, 3.8) is 0 Å². The Morgan fingerprint density at radius 3 is 2.52 bits per heavy atom. The van der Waals surface area contributed by atoms with Crippen molar-refractivity contribution in [1.29, 1.82) is 0 Å². The van der Waals surface area contributed by atoms with E-state index >= 15 is 0 Å². The van der Waals surface area contributed by atoms with E-state index < -0.39 is 11.8 Å². The molecule has 0 aliphatic heterocycles. The number of ketones is 1. The van der Waals surface area contributed by atoms with Crippen LogP contribution in [0.1, 0.15) is 15.9 Å². The van der Waals surface area contributed by atoms with Crippen LogP contribution >= 0.6 is 0 Å². The van der Waals surface area contributed by atoms with Gasteiger partial charge < -0.3 is 9.47 Å². The second-order valence-corrected chi connectivity index (χ2v) is 4.62. The molecule has 0 unspecified atom stereocenters. The van der Waals surface area contributed by atoms with Crippen molar-refractivity contribution in [2.75, 3.05) is 13.7 Å². The van der Waals surface area contributed by atoms with Gasteiger partial charge in [0.05, 0.1) is 7.11 Å². The van der Waals surface area contributed by atoms with Gasteiger partial charge in [-0.2, -0.15) is 0 Å². The highest BCUT2D eigenvalue weighted by Crippen LogP contribution is 2.18. The molecule has 0 N–H and O–H groups in total. The predicted molar refractivity (Wildman–Crippen MR) is 83.7 cm³/mol. The summed E-state index contributed by atoms with van der Waals surface area (Å²) >= 11 is 0. The van der Waals surface area contributed by atoms with Gasteiger partial charge in [-0.3, -0.25) is 4.79 Å². The minimum Gasteiger partial charge on any atom is -0.494 e. The largest absolute Gasteiger partial charge is 0.494 e. The Kier molecular flexibility index (Phi) is 5.63. The minimum atomic E-state index is -0.675. The van der Waals surface area contributed by atoms with Crippen LogP contribution in [0.3, 0.4) is 0 Å². The summed E-state index contributed by atoms with van der Waals surface area (Å²) in [7, 11) is 1.37. The molecule has 0 amide bonds. The number of methoxy groups -OCH3 is 1. The Morgan fingerprint density at radius 1 is 1.13 bits per heavy atom. The summed E-state index contributed by atoms with van der Waals surface area (Å²) in [5.41, 5.74) is 0.955. The number of carbonyl (C=O) groups is 2. The van der Waals surface area contributed by atoms with Gasteiger partial charge in [0.25, 0.3) is 0 Å². The van der Waals surface area contributed by atoms with E-state index in [0.29, 0.717) is 11.1 Å². The maximum Gasteiger partial charge on any atom is 0.331 e. The molecule has 0 radical (unpaired) electrons. The van der Waals surface area contributed by atoms with Gasteiger partial charge in [-0.25, -0.2) is 9.18 Å². The molecule has 0 heterocycles. The molecule has 5 heteroatoms. The fourth-order valence-electron chi connectivity index (χ4n) is 1.84. The first kappa shape index (κ1) is 16.4. The molecule has 0 spiro atoms. The molecular weight excluding hydrogens is 299 g/mol. The van der Waals surface area contributed by atoms with E-state index in [9.17, 15) is 14.0 Å². The number of carbonyl (C=O) groups excluding carboxylic acids is 2. The van der Waals surface area contributed by atoms with E-state index in [1.54, 1.807) is 36.4 Å². The van der Waals surface area contributed by atoms with Crippen molar-refractivity contribution in [3.8, 4) is 5.75 Å². The van der Waals surface area contributed by atoms with E-state index in [1.165, 1.54) is 25.3 Å². The van der Waals surface area contributed by atoms with E-state index in [1.807, 2.05) is 0 Å². The van der Waals surface area contributed by atoms with Gasteiger partial charge in [0.2, 0.25) is 0 Å². The third-order valence-corrected chi connectivity index (χ3v) is 3.03. The van der Waals surface area contributed by atoms with Crippen molar-refractivity contribution < 1.29 is 23.5 Å². The highest BCUT2D eigenvalue weighted by molar-refractivity contribution is 5.98. The summed E-state index contributed by atoms with van der Waals surface area (Å²) in [6, 6.07) is 12.8. The Bertz CT molecular complexity index is 723. The lowest BCUT2D eigenvalue weighted by molar-refractivity contribution is -0.136. The SMILES string of the molecule is COc1ccc(/C=C/C(=O)OCC(=O)c2ccccc2)cc1F. The van der Waals surface area contributed by atoms with E-state index in [-0.39, 0.29) is 18.1 Å². The number of halogens is 1. The molecule has 0 atom stereocenters. The fourth-order valence-corrected chi connectivity index (χ4v) is 1.84. The lowest BCUT2D eigenvalue weighted by Gasteiger charge is -2.03. The molecule has 0 saturated heterocycles. The Balaban J connectivity index is 1.89. The van der Waals surface area contributed by atoms with Crippen LogP contribution in [0.5, 0.6) is 5.75 Å². The van der Waals surface area contributed by atoms with Gasteiger partial charge in [-0.15, -0.1) is 0 Å². The molecule has 0 aliphatic carbocycles. The number of ether oxygens (including phenoxy) is 2. The Hall–Kier alpha value is -2.95. The summed E-state index contributed by atoms with van der Waals surface area (Å²) in [6.45, 7) is -0.343. The second-order valence-electron chi connectivity index (χ2n) is 4.62. The Labute approximate surface area is 133 Å². The zero-order valence-electron chi connectivity index (χ0n) is 12.5. The summed E-state index contributed by atoms with van der Waals surface area (Å²) in [5.74, 6) is -1.37.